The second kappa shape index (κ2) is 7.63. The molecule has 2 aromatic rings. The van der Waals surface area contributed by atoms with Gasteiger partial charge in [-0.2, -0.15) is 0 Å². The van der Waals surface area contributed by atoms with E-state index in [2.05, 4.69) is 10.3 Å². The molecule has 1 aromatic carbocycles. The first-order valence-electron chi connectivity index (χ1n) is 7.28. The summed E-state index contributed by atoms with van der Waals surface area (Å²) in [5.41, 5.74) is 0.846. The first-order chi connectivity index (χ1) is 11.3. The number of hydrogen-bond donors (Lipinski definition) is 1. The van der Waals surface area contributed by atoms with Gasteiger partial charge in [0.1, 0.15) is 6.04 Å². The summed E-state index contributed by atoms with van der Waals surface area (Å²) >= 11 is 5.97. The van der Waals surface area contributed by atoms with Crippen molar-refractivity contribution >= 4 is 38.9 Å². The maximum absolute atomic E-state index is 12.6. The monoisotopic (exact) mass is 367 g/mol. The van der Waals surface area contributed by atoms with Crippen molar-refractivity contribution in [2.45, 2.75) is 19.4 Å². The summed E-state index contributed by atoms with van der Waals surface area (Å²) in [7, 11) is -3.69. The highest BCUT2D eigenvalue weighted by atomic mass is 35.5. The average Bonchev–Trinajstić information content (AvgIpc) is 2.52. The van der Waals surface area contributed by atoms with E-state index < -0.39 is 22.0 Å². The van der Waals surface area contributed by atoms with Crippen molar-refractivity contribution in [3.05, 3.63) is 53.8 Å². The maximum Gasteiger partial charge on any atom is 0.248 e. The van der Waals surface area contributed by atoms with E-state index in [0.717, 1.165) is 10.6 Å². The van der Waals surface area contributed by atoms with Gasteiger partial charge in [-0.25, -0.2) is 8.42 Å². The molecule has 24 heavy (non-hydrogen) atoms. The number of aromatic nitrogens is 1. The number of anilines is 2. The zero-order valence-corrected chi connectivity index (χ0v) is 14.9. The fourth-order valence-corrected chi connectivity index (χ4v) is 3.72. The number of carbonyl (C=O) groups excluding carboxylic acids is 1. The molecule has 0 aliphatic rings. The molecule has 0 aliphatic carbocycles. The van der Waals surface area contributed by atoms with E-state index in [1.54, 1.807) is 43.5 Å². The highest BCUT2D eigenvalue weighted by molar-refractivity contribution is 7.92. The van der Waals surface area contributed by atoms with Crippen molar-refractivity contribution < 1.29 is 13.2 Å². The Hall–Kier alpha value is -2.12. The molecule has 0 bridgehead atoms. The summed E-state index contributed by atoms with van der Waals surface area (Å²) in [6.45, 7) is 1.75. The number of hydrogen-bond acceptors (Lipinski definition) is 4. The molecular formula is C16H18ClN3O3S. The molecule has 0 saturated carbocycles. The summed E-state index contributed by atoms with van der Waals surface area (Å²) < 4.78 is 25.7. The highest BCUT2D eigenvalue weighted by Crippen LogP contribution is 2.25. The molecule has 128 valence electrons. The molecular weight excluding hydrogens is 350 g/mol. The SMILES string of the molecule is CCC(C(=O)Nc1cccnc1)N(c1cccc(Cl)c1)S(C)(=O)=O. The van der Waals surface area contributed by atoms with Gasteiger partial charge in [0.25, 0.3) is 0 Å². The number of rotatable bonds is 6. The van der Waals surface area contributed by atoms with Crippen LogP contribution in [-0.2, 0) is 14.8 Å². The Bertz CT molecular complexity index is 812. The molecule has 1 heterocycles. The molecule has 1 unspecified atom stereocenters. The lowest BCUT2D eigenvalue weighted by Gasteiger charge is -2.30. The Morgan fingerprint density at radius 2 is 2.08 bits per heavy atom. The van der Waals surface area contributed by atoms with E-state index in [1.165, 1.54) is 12.3 Å². The molecule has 0 aliphatic heterocycles. The Balaban J connectivity index is 2.37. The van der Waals surface area contributed by atoms with Gasteiger partial charge in [-0.15, -0.1) is 0 Å². The zero-order chi connectivity index (χ0) is 17.7. The Labute approximate surface area is 146 Å². The van der Waals surface area contributed by atoms with Crippen molar-refractivity contribution in [1.29, 1.82) is 0 Å². The van der Waals surface area contributed by atoms with E-state index >= 15 is 0 Å². The number of benzene rings is 1. The van der Waals surface area contributed by atoms with E-state index in [0.29, 0.717) is 22.8 Å². The van der Waals surface area contributed by atoms with Crippen LogP contribution >= 0.6 is 11.6 Å². The van der Waals surface area contributed by atoms with Crippen LogP contribution in [0.25, 0.3) is 0 Å². The number of amides is 1. The van der Waals surface area contributed by atoms with Gasteiger partial charge < -0.3 is 5.32 Å². The molecule has 0 spiro atoms. The fourth-order valence-electron chi connectivity index (χ4n) is 2.34. The molecule has 1 aromatic heterocycles. The number of carbonyl (C=O) groups is 1. The predicted molar refractivity (Wildman–Crippen MR) is 95.7 cm³/mol. The van der Waals surface area contributed by atoms with Gasteiger partial charge in [0.2, 0.25) is 15.9 Å². The van der Waals surface area contributed by atoms with Crippen LogP contribution in [0.5, 0.6) is 0 Å². The van der Waals surface area contributed by atoms with Crippen LogP contribution < -0.4 is 9.62 Å². The topological polar surface area (TPSA) is 79.4 Å². The number of nitrogens with one attached hydrogen (secondary N) is 1. The minimum atomic E-state index is -3.69. The lowest BCUT2D eigenvalue weighted by Crippen LogP contribution is -2.47. The van der Waals surface area contributed by atoms with Gasteiger partial charge in [-0.3, -0.25) is 14.1 Å². The van der Waals surface area contributed by atoms with Crippen LogP contribution in [0, 0.1) is 0 Å². The molecule has 8 heteroatoms. The molecule has 6 nitrogen and oxygen atoms in total. The van der Waals surface area contributed by atoms with Crippen LogP contribution in [0.1, 0.15) is 13.3 Å². The van der Waals surface area contributed by atoms with Crippen LogP contribution in [0.4, 0.5) is 11.4 Å². The van der Waals surface area contributed by atoms with Crippen LogP contribution in [0.2, 0.25) is 5.02 Å². The molecule has 2 rings (SSSR count). The molecule has 0 fully saturated rings. The van der Waals surface area contributed by atoms with Gasteiger partial charge in [-0.05, 0) is 36.8 Å². The number of halogens is 1. The number of nitrogens with zero attached hydrogens (tertiary/aromatic N) is 2. The van der Waals surface area contributed by atoms with Crippen molar-refractivity contribution in [3.8, 4) is 0 Å². The van der Waals surface area contributed by atoms with Crippen LogP contribution in [0.3, 0.4) is 0 Å². The van der Waals surface area contributed by atoms with Crippen molar-refractivity contribution in [2.75, 3.05) is 15.9 Å². The Morgan fingerprint density at radius 3 is 2.62 bits per heavy atom. The van der Waals surface area contributed by atoms with Crippen molar-refractivity contribution in [2.24, 2.45) is 0 Å². The summed E-state index contributed by atoms with van der Waals surface area (Å²) in [6, 6.07) is 8.86. The second-order valence-corrected chi connectivity index (χ2v) is 7.49. The summed E-state index contributed by atoms with van der Waals surface area (Å²) in [4.78, 5) is 16.5. The Morgan fingerprint density at radius 1 is 1.33 bits per heavy atom. The first kappa shape index (κ1) is 18.2. The normalized spacial score (nSPS) is 12.5. The number of sulfonamides is 1. The van der Waals surface area contributed by atoms with Gasteiger partial charge in [0.15, 0.2) is 0 Å². The molecule has 1 amide bonds. The maximum atomic E-state index is 12.6. The van der Waals surface area contributed by atoms with Crippen molar-refractivity contribution in [1.82, 2.24) is 4.98 Å². The third-order valence-electron chi connectivity index (χ3n) is 3.32. The fraction of sp³-hybridized carbons (Fsp3) is 0.250. The van der Waals surface area contributed by atoms with Crippen LogP contribution in [-0.4, -0.2) is 31.6 Å². The molecule has 0 saturated heterocycles. The largest absolute Gasteiger partial charge is 0.323 e. The van der Waals surface area contributed by atoms with Gasteiger partial charge in [-0.1, -0.05) is 24.6 Å². The predicted octanol–water partition coefficient (Wildman–Crippen LogP) is 2.92. The first-order valence-corrected chi connectivity index (χ1v) is 9.51. The van der Waals surface area contributed by atoms with Crippen LogP contribution in [0.15, 0.2) is 48.8 Å². The minimum Gasteiger partial charge on any atom is -0.323 e. The average molecular weight is 368 g/mol. The third-order valence-corrected chi connectivity index (χ3v) is 4.74. The summed E-state index contributed by atoms with van der Waals surface area (Å²) in [5.74, 6) is -0.434. The van der Waals surface area contributed by atoms with E-state index in [-0.39, 0.29) is 0 Å². The van der Waals surface area contributed by atoms with Gasteiger partial charge in [0.05, 0.1) is 23.8 Å². The third kappa shape index (κ3) is 4.46. The van der Waals surface area contributed by atoms with Gasteiger partial charge in [0, 0.05) is 11.2 Å². The molecule has 1 atom stereocenters. The quantitative estimate of drug-likeness (QED) is 0.851. The summed E-state index contributed by atoms with van der Waals surface area (Å²) in [6.07, 6.45) is 4.44. The van der Waals surface area contributed by atoms with E-state index in [4.69, 9.17) is 11.6 Å². The smallest absolute Gasteiger partial charge is 0.248 e. The molecule has 1 N–H and O–H groups in total. The number of pyridine rings is 1. The Kier molecular flexibility index (Phi) is 5.80. The molecule has 0 radical (unpaired) electrons. The van der Waals surface area contributed by atoms with Gasteiger partial charge >= 0.3 is 0 Å². The lowest BCUT2D eigenvalue weighted by molar-refractivity contribution is -0.117. The highest BCUT2D eigenvalue weighted by Gasteiger charge is 2.31. The van der Waals surface area contributed by atoms with Crippen molar-refractivity contribution in [3.63, 3.8) is 0 Å². The summed E-state index contributed by atoms with van der Waals surface area (Å²) in [5, 5.41) is 3.08. The van der Waals surface area contributed by atoms with E-state index in [9.17, 15) is 13.2 Å². The zero-order valence-electron chi connectivity index (χ0n) is 13.3. The minimum absolute atomic E-state index is 0.297. The second-order valence-electron chi connectivity index (χ2n) is 5.19. The standard InChI is InChI=1S/C16H18ClN3O3S/c1-3-15(16(21)19-13-7-5-9-18-11-13)20(24(2,22)23)14-8-4-6-12(17)10-14/h4-11,15H,3H2,1-2H3,(H,19,21). The van der Waals surface area contributed by atoms with E-state index in [1.807, 2.05) is 0 Å². The lowest BCUT2D eigenvalue weighted by atomic mass is 10.2.